The Bertz CT molecular complexity index is 524. The van der Waals surface area contributed by atoms with Crippen molar-refractivity contribution in [3.8, 4) is 0 Å². The predicted octanol–water partition coefficient (Wildman–Crippen LogP) is 2.63. The number of anilines is 3. The quantitative estimate of drug-likeness (QED) is 0.568. The molecule has 5 heteroatoms. The molecule has 0 amide bonds. The lowest BCUT2D eigenvalue weighted by Crippen LogP contribution is -2.09. The number of nitrogen functional groups attached to an aromatic ring is 1. The van der Waals surface area contributed by atoms with Crippen LogP contribution in [0.1, 0.15) is 25.3 Å². The van der Waals surface area contributed by atoms with Crippen LogP contribution in [0.3, 0.4) is 0 Å². The summed E-state index contributed by atoms with van der Waals surface area (Å²) >= 11 is 0. The van der Waals surface area contributed by atoms with E-state index in [1.807, 2.05) is 12.1 Å². The van der Waals surface area contributed by atoms with Crippen LogP contribution in [0, 0.1) is 0 Å². The lowest BCUT2D eigenvalue weighted by molar-refractivity contribution is 0.867. The van der Waals surface area contributed by atoms with Gasteiger partial charge in [-0.2, -0.15) is 0 Å². The van der Waals surface area contributed by atoms with Crippen molar-refractivity contribution in [3.05, 3.63) is 42.2 Å². The molecule has 0 radical (unpaired) electrons. The van der Waals surface area contributed by atoms with Gasteiger partial charge in [0.25, 0.3) is 0 Å². The number of hydrazine groups is 1. The fourth-order valence-electron chi connectivity index (χ4n) is 1.62. The van der Waals surface area contributed by atoms with Crippen LogP contribution in [0.25, 0.3) is 0 Å². The molecule has 18 heavy (non-hydrogen) atoms. The van der Waals surface area contributed by atoms with Crippen molar-refractivity contribution in [1.82, 2.24) is 9.97 Å². The van der Waals surface area contributed by atoms with E-state index in [0.29, 0.717) is 17.6 Å². The van der Waals surface area contributed by atoms with Crippen molar-refractivity contribution in [3.63, 3.8) is 0 Å². The van der Waals surface area contributed by atoms with Crippen molar-refractivity contribution >= 4 is 17.3 Å². The third-order valence-electron chi connectivity index (χ3n) is 2.61. The highest BCUT2D eigenvalue weighted by atomic mass is 15.3. The van der Waals surface area contributed by atoms with Crippen molar-refractivity contribution in [2.24, 2.45) is 5.84 Å². The number of nitrogens with one attached hydrogen (secondary N) is 2. The van der Waals surface area contributed by atoms with Gasteiger partial charge in [-0.05, 0) is 23.6 Å². The summed E-state index contributed by atoms with van der Waals surface area (Å²) in [5.41, 5.74) is 4.74. The van der Waals surface area contributed by atoms with Crippen LogP contribution in [-0.2, 0) is 0 Å². The third-order valence-corrected chi connectivity index (χ3v) is 2.61. The van der Waals surface area contributed by atoms with Gasteiger partial charge >= 0.3 is 0 Å². The largest absolute Gasteiger partial charge is 0.339 e. The highest BCUT2D eigenvalue weighted by Crippen LogP contribution is 2.21. The molecule has 0 saturated carbocycles. The van der Waals surface area contributed by atoms with E-state index in [-0.39, 0.29) is 0 Å². The summed E-state index contributed by atoms with van der Waals surface area (Å²) in [5, 5.41) is 3.20. The minimum absolute atomic E-state index is 0.495. The number of hydrogen-bond donors (Lipinski definition) is 3. The van der Waals surface area contributed by atoms with Gasteiger partial charge in [0.15, 0.2) is 11.6 Å². The van der Waals surface area contributed by atoms with Crippen LogP contribution in [-0.4, -0.2) is 9.97 Å². The number of nitrogens with zero attached hydrogens (tertiary/aromatic N) is 2. The zero-order chi connectivity index (χ0) is 13.0. The second-order valence-corrected chi connectivity index (χ2v) is 4.34. The summed E-state index contributed by atoms with van der Waals surface area (Å²) < 4.78 is 0. The molecule has 0 bridgehead atoms. The highest BCUT2D eigenvalue weighted by molar-refractivity contribution is 5.57. The smallest absolute Gasteiger partial charge is 0.160 e. The zero-order valence-electron chi connectivity index (χ0n) is 10.5. The van der Waals surface area contributed by atoms with E-state index in [0.717, 1.165) is 5.69 Å². The lowest BCUT2D eigenvalue weighted by atomic mass is 10.0. The van der Waals surface area contributed by atoms with Gasteiger partial charge in [-0.3, -0.25) is 4.98 Å². The van der Waals surface area contributed by atoms with Crippen molar-refractivity contribution in [1.29, 1.82) is 0 Å². The molecule has 2 rings (SSSR count). The molecule has 4 N–H and O–H groups in total. The van der Waals surface area contributed by atoms with Crippen LogP contribution >= 0.6 is 0 Å². The Morgan fingerprint density at radius 3 is 2.67 bits per heavy atom. The fraction of sp³-hybridized carbons (Fsp3) is 0.231. The average molecular weight is 243 g/mol. The first kappa shape index (κ1) is 12.3. The van der Waals surface area contributed by atoms with E-state index in [4.69, 9.17) is 5.84 Å². The van der Waals surface area contributed by atoms with Gasteiger partial charge in [-0.15, -0.1) is 0 Å². The number of rotatable bonds is 4. The van der Waals surface area contributed by atoms with E-state index < -0.39 is 0 Å². The molecule has 1 aromatic heterocycles. The molecule has 94 valence electrons. The third kappa shape index (κ3) is 2.95. The van der Waals surface area contributed by atoms with Crippen molar-refractivity contribution < 1.29 is 0 Å². The zero-order valence-corrected chi connectivity index (χ0v) is 10.5. The topological polar surface area (TPSA) is 75.9 Å². The molecule has 1 aromatic carbocycles. The van der Waals surface area contributed by atoms with Gasteiger partial charge in [-0.1, -0.05) is 26.0 Å². The monoisotopic (exact) mass is 243 g/mol. The molecule has 0 unspecified atom stereocenters. The van der Waals surface area contributed by atoms with Gasteiger partial charge in [0.05, 0.1) is 12.4 Å². The van der Waals surface area contributed by atoms with Gasteiger partial charge in [0.1, 0.15) is 0 Å². The van der Waals surface area contributed by atoms with E-state index in [2.05, 4.69) is 46.7 Å². The first-order chi connectivity index (χ1) is 8.69. The van der Waals surface area contributed by atoms with E-state index in [1.165, 1.54) is 5.56 Å². The Morgan fingerprint density at radius 1 is 1.17 bits per heavy atom. The van der Waals surface area contributed by atoms with Crippen molar-refractivity contribution in [2.45, 2.75) is 19.8 Å². The maximum absolute atomic E-state index is 5.30. The molecule has 2 aromatic rings. The normalized spacial score (nSPS) is 10.4. The Hall–Kier alpha value is -2.14. The maximum Gasteiger partial charge on any atom is 0.160 e. The highest BCUT2D eigenvalue weighted by Gasteiger charge is 2.02. The van der Waals surface area contributed by atoms with Gasteiger partial charge in [0, 0.05) is 5.69 Å². The first-order valence-electron chi connectivity index (χ1n) is 5.84. The molecule has 0 atom stereocenters. The molecule has 0 aliphatic rings. The van der Waals surface area contributed by atoms with Crippen molar-refractivity contribution in [2.75, 3.05) is 10.7 Å². The summed E-state index contributed by atoms with van der Waals surface area (Å²) in [4.78, 5) is 8.29. The number of aromatic nitrogens is 2. The van der Waals surface area contributed by atoms with Gasteiger partial charge in [0.2, 0.25) is 0 Å². The minimum atomic E-state index is 0.495. The molecule has 0 aliphatic carbocycles. The molecule has 1 heterocycles. The Kier molecular flexibility index (Phi) is 3.74. The van der Waals surface area contributed by atoms with E-state index in [9.17, 15) is 0 Å². The van der Waals surface area contributed by atoms with E-state index >= 15 is 0 Å². The molecular formula is C13H17N5. The Balaban J connectivity index is 2.20. The van der Waals surface area contributed by atoms with Crippen LogP contribution in [0.15, 0.2) is 36.7 Å². The second-order valence-electron chi connectivity index (χ2n) is 4.34. The van der Waals surface area contributed by atoms with Gasteiger partial charge < -0.3 is 10.7 Å². The molecule has 5 nitrogen and oxygen atoms in total. The SMILES string of the molecule is CC(C)c1cccc(Nc2cncc(NN)n2)c1. The minimum Gasteiger partial charge on any atom is -0.339 e. The fourth-order valence-corrected chi connectivity index (χ4v) is 1.62. The second kappa shape index (κ2) is 5.46. The first-order valence-corrected chi connectivity index (χ1v) is 5.84. The summed E-state index contributed by atoms with van der Waals surface area (Å²) in [6, 6.07) is 8.24. The molecule has 0 saturated heterocycles. The summed E-state index contributed by atoms with van der Waals surface area (Å²) in [6.45, 7) is 4.33. The number of nitrogens with two attached hydrogens (primary N) is 1. The average Bonchev–Trinajstić information content (AvgIpc) is 2.39. The molecule has 0 spiro atoms. The van der Waals surface area contributed by atoms with Gasteiger partial charge in [-0.25, -0.2) is 10.8 Å². The molecule has 0 aliphatic heterocycles. The van der Waals surface area contributed by atoms with Crippen LogP contribution in [0.4, 0.5) is 17.3 Å². The van der Waals surface area contributed by atoms with E-state index in [1.54, 1.807) is 12.4 Å². The lowest BCUT2D eigenvalue weighted by Gasteiger charge is -2.10. The maximum atomic E-state index is 5.30. The predicted molar refractivity (Wildman–Crippen MR) is 73.7 cm³/mol. The number of benzene rings is 1. The van der Waals surface area contributed by atoms with Crippen LogP contribution in [0.5, 0.6) is 0 Å². The summed E-state index contributed by atoms with van der Waals surface area (Å²) in [6.07, 6.45) is 3.22. The Labute approximate surface area is 106 Å². The number of hydrogen-bond acceptors (Lipinski definition) is 5. The summed E-state index contributed by atoms with van der Waals surface area (Å²) in [7, 11) is 0. The summed E-state index contributed by atoms with van der Waals surface area (Å²) in [5.74, 6) is 6.98. The van der Waals surface area contributed by atoms with Crippen LogP contribution in [0.2, 0.25) is 0 Å². The van der Waals surface area contributed by atoms with Crippen LogP contribution < -0.4 is 16.6 Å². The Morgan fingerprint density at radius 2 is 1.94 bits per heavy atom. The molecular weight excluding hydrogens is 226 g/mol. The standard InChI is InChI=1S/C13H17N5/c1-9(2)10-4-3-5-11(6-10)16-12-7-15-8-13(17-12)18-14/h3-9H,14H2,1-2H3,(H2,16,17,18). The molecule has 0 fully saturated rings.